The Morgan fingerprint density at radius 1 is 1.08 bits per heavy atom. The summed E-state index contributed by atoms with van der Waals surface area (Å²) in [5, 5.41) is 0. The Balaban J connectivity index is 2.12. The van der Waals surface area contributed by atoms with Gasteiger partial charge < -0.3 is 10.5 Å². The molecule has 2 aromatic carbocycles. The first kappa shape index (κ1) is 16.6. The minimum absolute atomic E-state index is 0.0846. The van der Waals surface area contributed by atoms with E-state index in [0.717, 1.165) is 12.1 Å². The average Bonchev–Trinajstić information content (AvgIpc) is 2.61. The molecule has 3 aromatic rings. The topological polar surface area (TPSA) is 65.2 Å². The number of ether oxygens (including phenoxy) is 1. The number of methoxy groups -OCH3 is 1. The molecule has 0 aliphatic carbocycles. The molecule has 0 saturated heterocycles. The highest BCUT2D eigenvalue weighted by Crippen LogP contribution is 2.34. The standard InChI is InChI=1S/C19H14F2N2O2/c1-25-16-5-3-2-4-13(16)18-17(22)14(8-9-23-18)19(24)12-7-6-11(20)10-15(12)21/h2-10H,22H2,1H3. The summed E-state index contributed by atoms with van der Waals surface area (Å²) in [7, 11) is 1.51. The van der Waals surface area contributed by atoms with Crippen LogP contribution in [0.2, 0.25) is 0 Å². The molecule has 126 valence electrons. The summed E-state index contributed by atoms with van der Waals surface area (Å²) in [6.07, 6.45) is 1.41. The van der Waals surface area contributed by atoms with Crippen LogP contribution < -0.4 is 10.5 Å². The molecule has 0 bridgehead atoms. The highest BCUT2D eigenvalue weighted by Gasteiger charge is 2.20. The van der Waals surface area contributed by atoms with E-state index in [2.05, 4.69) is 4.98 Å². The molecule has 0 unspecified atom stereocenters. The number of anilines is 1. The number of benzene rings is 2. The van der Waals surface area contributed by atoms with Crippen molar-refractivity contribution >= 4 is 11.5 Å². The van der Waals surface area contributed by atoms with Gasteiger partial charge in [-0.25, -0.2) is 8.78 Å². The Morgan fingerprint density at radius 2 is 1.84 bits per heavy atom. The van der Waals surface area contributed by atoms with Crippen molar-refractivity contribution in [3.8, 4) is 17.0 Å². The van der Waals surface area contributed by atoms with Crippen molar-refractivity contribution in [1.82, 2.24) is 4.98 Å². The summed E-state index contributed by atoms with van der Waals surface area (Å²) in [6.45, 7) is 0. The van der Waals surface area contributed by atoms with Gasteiger partial charge in [0.05, 0.1) is 24.1 Å². The molecular formula is C19H14F2N2O2. The van der Waals surface area contributed by atoms with Gasteiger partial charge in [0.1, 0.15) is 17.4 Å². The highest BCUT2D eigenvalue weighted by molar-refractivity contribution is 6.13. The van der Waals surface area contributed by atoms with Gasteiger partial charge in [0, 0.05) is 23.4 Å². The number of hydrogen-bond donors (Lipinski definition) is 1. The molecule has 6 heteroatoms. The predicted octanol–water partition coefficient (Wildman–Crippen LogP) is 3.85. The molecule has 1 heterocycles. The van der Waals surface area contributed by atoms with Gasteiger partial charge in [-0.05, 0) is 30.3 Å². The number of halogens is 2. The Kier molecular flexibility index (Phi) is 4.43. The second kappa shape index (κ2) is 6.68. The third-order valence-corrected chi connectivity index (χ3v) is 3.77. The van der Waals surface area contributed by atoms with Crippen LogP contribution >= 0.6 is 0 Å². The van der Waals surface area contributed by atoms with Crippen LogP contribution in [0.5, 0.6) is 5.75 Å². The number of aromatic nitrogens is 1. The number of ketones is 1. The fraction of sp³-hybridized carbons (Fsp3) is 0.0526. The zero-order valence-electron chi connectivity index (χ0n) is 13.3. The van der Waals surface area contributed by atoms with E-state index in [4.69, 9.17) is 10.5 Å². The Morgan fingerprint density at radius 3 is 2.56 bits per heavy atom. The molecule has 25 heavy (non-hydrogen) atoms. The van der Waals surface area contributed by atoms with Gasteiger partial charge in [-0.3, -0.25) is 9.78 Å². The number of carbonyl (C=O) groups excluding carboxylic acids is 1. The van der Waals surface area contributed by atoms with Crippen molar-refractivity contribution in [2.24, 2.45) is 0 Å². The number of rotatable bonds is 4. The van der Waals surface area contributed by atoms with E-state index in [0.29, 0.717) is 23.1 Å². The molecule has 0 saturated carbocycles. The molecule has 0 spiro atoms. The van der Waals surface area contributed by atoms with Crippen molar-refractivity contribution < 1.29 is 18.3 Å². The fourth-order valence-corrected chi connectivity index (χ4v) is 2.54. The lowest BCUT2D eigenvalue weighted by Gasteiger charge is -2.12. The summed E-state index contributed by atoms with van der Waals surface area (Å²) < 4.78 is 32.3. The van der Waals surface area contributed by atoms with E-state index >= 15 is 0 Å². The molecule has 0 aliphatic rings. The summed E-state index contributed by atoms with van der Waals surface area (Å²) in [5.41, 5.74) is 7.01. The number of nitrogens with zero attached hydrogens (tertiary/aromatic N) is 1. The van der Waals surface area contributed by atoms with Gasteiger partial charge >= 0.3 is 0 Å². The number of para-hydroxylation sites is 1. The number of pyridine rings is 1. The minimum atomic E-state index is -0.944. The lowest BCUT2D eigenvalue weighted by molar-refractivity contribution is 0.103. The molecule has 0 aliphatic heterocycles. The smallest absolute Gasteiger partial charge is 0.198 e. The number of nitrogens with two attached hydrogens (primary N) is 1. The highest BCUT2D eigenvalue weighted by atomic mass is 19.1. The first-order chi connectivity index (χ1) is 12.0. The molecule has 0 atom stereocenters. The maximum absolute atomic E-state index is 13.9. The SMILES string of the molecule is COc1ccccc1-c1nccc(C(=O)c2ccc(F)cc2F)c1N. The zero-order chi connectivity index (χ0) is 18.0. The Bertz CT molecular complexity index is 958. The van der Waals surface area contributed by atoms with E-state index in [1.165, 1.54) is 19.4 Å². The van der Waals surface area contributed by atoms with Gasteiger partial charge in [-0.2, -0.15) is 0 Å². The second-order valence-corrected chi connectivity index (χ2v) is 5.27. The summed E-state index contributed by atoms with van der Waals surface area (Å²) in [5.74, 6) is -1.81. The quantitative estimate of drug-likeness (QED) is 0.733. The number of hydrogen-bond acceptors (Lipinski definition) is 4. The molecule has 3 rings (SSSR count). The van der Waals surface area contributed by atoms with Crippen molar-refractivity contribution in [3.63, 3.8) is 0 Å². The Hall–Kier alpha value is -3.28. The van der Waals surface area contributed by atoms with Crippen molar-refractivity contribution in [2.45, 2.75) is 0 Å². The maximum Gasteiger partial charge on any atom is 0.198 e. The molecule has 1 aromatic heterocycles. The summed E-state index contributed by atoms with van der Waals surface area (Å²) >= 11 is 0. The van der Waals surface area contributed by atoms with E-state index in [-0.39, 0.29) is 16.8 Å². The summed E-state index contributed by atoms with van der Waals surface area (Å²) in [4.78, 5) is 16.9. The average molecular weight is 340 g/mol. The molecular weight excluding hydrogens is 326 g/mol. The third kappa shape index (κ3) is 3.06. The van der Waals surface area contributed by atoms with Crippen LogP contribution in [0.25, 0.3) is 11.3 Å². The van der Waals surface area contributed by atoms with Gasteiger partial charge in [0.15, 0.2) is 5.78 Å². The van der Waals surface area contributed by atoms with Crippen molar-refractivity contribution in [1.29, 1.82) is 0 Å². The molecule has 0 amide bonds. The first-order valence-electron chi connectivity index (χ1n) is 7.40. The van der Waals surface area contributed by atoms with Gasteiger partial charge in [0.2, 0.25) is 0 Å². The lowest BCUT2D eigenvalue weighted by atomic mass is 9.99. The maximum atomic E-state index is 13.9. The molecule has 4 nitrogen and oxygen atoms in total. The number of carbonyl (C=O) groups is 1. The van der Waals surface area contributed by atoms with Crippen LogP contribution in [-0.4, -0.2) is 17.9 Å². The summed E-state index contributed by atoms with van der Waals surface area (Å²) in [6, 6.07) is 11.2. The van der Waals surface area contributed by atoms with Crippen LogP contribution in [0.4, 0.5) is 14.5 Å². The monoisotopic (exact) mass is 340 g/mol. The predicted molar refractivity (Wildman–Crippen MR) is 90.4 cm³/mol. The van der Waals surface area contributed by atoms with Crippen molar-refractivity contribution in [3.05, 3.63) is 77.5 Å². The zero-order valence-corrected chi connectivity index (χ0v) is 13.3. The van der Waals surface area contributed by atoms with E-state index < -0.39 is 17.4 Å². The van der Waals surface area contributed by atoms with E-state index in [1.54, 1.807) is 24.3 Å². The van der Waals surface area contributed by atoms with Crippen LogP contribution in [0.15, 0.2) is 54.7 Å². The second-order valence-electron chi connectivity index (χ2n) is 5.27. The van der Waals surface area contributed by atoms with E-state index in [9.17, 15) is 13.6 Å². The third-order valence-electron chi connectivity index (χ3n) is 3.77. The fourth-order valence-electron chi connectivity index (χ4n) is 2.54. The van der Waals surface area contributed by atoms with Crippen LogP contribution in [0.3, 0.4) is 0 Å². The molecule has 2 N–H and O–H groups in total. The largest absolute Gasteiger partial charge is 0.496 e. The van der Waals surface area contributed by atoms with Crippen molar-refractivity contribution in [2.75, 3.05) is 12.8 Å². The molecule has 0 fully saturated rings. The lowest BCUT2D eigenvalue weighted by Crippen LogP contribution is -2.09. The van der Waals surface area contributed by atoms with Crippen LogP contribution in [-0.2, 0) is 0 Å². The van der Waals surface area contributed by atoms with Gasteiger partial charge in [-0.15, -0.1) is 0 Å². The molecule has 0 radical (unpaired) electrons. The number of nitrogen functional groups attached to an aromatic ring is 1. The van der Waals surface area contributed by atoms with Crippen LogP contribution in [0.1, 0.15) is 15.9 Å². The van der Waals surface area contributed by atoms with Gasteiger partial charge in [0.25, 0.3) is 0 Å². The van der Waals surface area contributed by atoms with Crippen LogP contribution in [0, 0.1) is 11.6 Å². The van der Waals surface area contributed by atoms with Gasteiger partial charge in [-0.1, -0.05) is 12.1 Å². The Labute approximate surface area is 142 Å². The first-order valence-corrected chi connectivity index (χ1v) is 7.40. The normalized spacial score (nSPS) is 10.5. The minimum Gasteiger partial charge on any atom is -0.496 e. The van der Waals surface area contributed by atoms with E-state index in [1.807, 2.05) is 0 Å².